The number of piperidine rings is 2. The lowest BCUT2D eigenvalue weighted by molar-refractivity contribution is -0.308. The van der Waals surface area contributed by atoms with E-state index < -0.39 is 48.0 Å². The number of hydrogen-bond acceptors (Lipinski definition) is 12. The summed E-state index contributed by atoms with van der Waals surface area (Å²) >= 11 is 0. The highest BCUT2D eigenvalue weighted by molar-refractivity contribution is 5.87. The zero-order valence-electron chi connectivity index (χ0n) is 33.4. The van der Waals surface area contributed by atoms with Gasteiger partial charge in [0.2, 0.25) is 0 Å². The summed E-state index contributed by atoms with van der Waals surface area (Å²) in [6, 6.07) is 0. The number of carbonyl (C=O) groups excluding carboxylic acids is 2. The number of aliphatic hydroxyl groups is 3. The maximum absolute atomic E-state index is 14.2. The smallest absolute Gasteiger partial charge is 0.333 e. The van der Waals surface area contributed by atoms with Crippen LogP contribution in [0.3, 0.4) is 0 Å². The van der Waals surface area contributed by atoms with Crippen LogP contribution in [-0.2, 0) is 23.8 Å². The Morgan fingerprint density at radius 2 is 1.71 bits per heavy atom. The molecule has 20 unspecified atom stereocenters. The van der Waals surface area contributed by atoms with Crippen molar-refractivity contribution in [2.24, 2.45) is 76.6 Å². The SMILES string of the molecule is CC=C(C)C(=O)OC1CC2C(O)C3C(=O)CC(CO)OC3C3C4CC5CC(O)CCC5CCC(CC(CC5CCC(N)NC5)C1(C)OC23)C1C(N)NCCC41. The molecule has 0 aromatic rings. The Bertz CT molecular complexity index is 1420. The van der Waals surface area contributed by atoms with Crippen molar-refractivity contribution in [3.8, 4) is 0 Å². The van der Waals surface area contributed by atoms with E-state index in [1.165, 1.54) is 0 Å². The van der Waals surface area contributed by atoms with Gasteiger partial charge in [-0.3, -0.25) is 4.79 Å². The molecular formula is C43H70N4O8. The normalized spacial score (nSPS) is 51.7. The minimum absolute atomic E-state index is 0.00829. The van der Waals surface area contributed by atoms with Crippen LogP contribution >= 0.6 is 0 Å². The molecule has 8 aliphatic rings. The molecule has 9 N–H and O–H groups in total. The summed E-state index contributed by atoms with van der Waals surface area (Å²) in [6.45, 7) is 7.13. The molecule has 5 saturated heterocycles. The topological polar surface area (TPSA) is 199 Å². The maximum atomic E-state index is 14.2. The molecule has 55 heavy (non-hydrogen) atoms. The van der Waals surface area contributed by atoms with Gasteiger partial charge in [0.05, 0.1) is 55.4 Å². The highest BCUT2D eigenvalue weighted by Gasteiger charge is 2.66. The predicted octanol–water partition coefficient (Wildman–Crippen LogP) is 2.75. The van der Waals surface area contributed by atoms with Gasteiger partial charge >= 0.3 is 5.97 Å². The summed E-state index contributed by atoms with van der Waals surface area (Å²) in [5.41, 5.74) is 13.2. The van der Waals surface area contributed by atoms with Gasteiger partial charge in [-0.05, 0) is 158 Å². The minimum Gasteiger partial charge on any atom is -0.456 e. The summed E-state index contributed by atoms with van der Waals surface area (Å²) in [5, 5.41) is 41.2. The first kappa shape index (κ1) is 40.3. The van der Waals surface area contributed by atoms with Crippen LogP contribution in [0.2, 0.25) is 0 Å². The third-order valence-corrected chi connectivity index (χ3v) is 16.7. The summed E-state index contributed by atoms with van der Waals surface area (Å²) in [4.78, 5) is 28.0. The number of Topliss-reactive ketones (excluding diaryl/α,β-unsaturated/α-hetero) is 1. The monoisotopic (exact) mass is 771 g/mol. The van der Waals surface area contributed by atoms with Gasteiger partial charge in [0.25, 0.3) is 0 Å². The van der Waals surface area contributed by atoms with Crippen LogP contribution in [0.15, 0.2) is 11.6 Å². The van der Waals surface area contributed by atoms with Crippen molar-refractivity contribution in [3.63, 3.8) is 0 Å². The third kappa shape index (κ3) is 7.52. The van der Waals surface area contributed by atoms with Gasteiger partial charge in [0.15, 0.2) is 0 Å². The van der Waals surface area contributed by atoms with E-state index in [1.807, 2.05) is 6.92 Å². The molecule has 0 radical (unpaired) electrons. The number of carbonyl (C=O) groups is 2. The molecule has 20 atom stereocenters. The van der Waals surface area contributed by atoms with Crippen LogP contribution < -0.4 is 22.1 Å². The Morgan fingerprint density at radius 3 is 2.45 bits per heavy atom. The average Bonchev–Trinajstić information content (AvgIpc) is 3.22. The van der Waals surface area contributed by atoms with Gasteiger partial charge in [0, 0.05) is 23.8 Å². The second-order valence-corrected chi connectivity index (χ2v) is 19.6. The average molecular weight is 771 g/mol. The summed E-state index contributed by atoms with van der Waals surface area (Å²) in [7, 11) is 0. The van der Waals surface area contributed by atoms with E-state index >= 15 is 0 Å². The van der Waals surface area contributed by atoms with E-state index in [2.05, 4.69) is 17.6 Å². The lowest BCUT2D eigenvalue weighted by Crippen LogP contribution is -2.71. The van der Waals surface area contributed by atoms with Crippen molar-refractivity contribution < 1.29 is 39.1 Å². The molecule has 0 amide bonds. The van der Waals surface area contributed by atoms with Crippen LogP contribution in [0.5, 0.6) is 0 Å². The number of rotatable bonds is 5. The van der Waals surface area contributed by atoms with E-state index in [0.29, 0.717) is 29.7 Å². The number of fused-ring (bicyclic) bond motifs is 5. The second kappa shape index (κ2) is 16.3. The fourth-order valence-electron chi connectivity index (χ4n) is 13.8. The first-order valence-corrected chi connectivity index (χ1v) is 22.0. The zero-order valence-corrected chi connectivity index (χ0v) is 33.4. The Morgan fingerprint density at radius 1 is 0.927 bits per heavy atom. The van der Waals surface area contributed by atoms with Crippen LogP contribution in [0.25, 0.3) is 0 Å². The highest BCUT2D eigenvalue weighted by Crippen LogP contribution is 2.60. The van der Waals surface area contributed by atoms with E-state index in [4.69, 9.17) is 25.7 Å². The van der Waals surface area contributed by atoms with Crippen LogP contribution in [-0.4, -0.2) is 101 Å². The van der Waals surface area contributed by atoms with Crippen molar-refractivity contribution in [3.05, 3.63) is 11.6 Å². The molecule has 0 spiro atoms. The lowest BCUT2D eigenvalue weighted by atomic mass is 9.52. The standard InChI is InChI=1S/C43H70N4O8/c1-4-21(2)42(52)54-33-18-31-38(51)37-32(50)17-28(20-48)53-40(37)36-30-16-25-15-27(49)9-8-23(25)6-7-24(35-29(30)11-12-46-41(35)45)14-26(43(33,3)55-39(31)36)13-22-5-10-34(44)47-19-22/h4,22-31,33-41,46-49,51H,5-20,44-45H2,1-3H3. The highest BCUT2D eigenvalue weighted by atomic mass is 16.6. The Balaban J connectivity index is 1.31. The van der Waals surface area contributed by atoms with Crippen molar-refractivity contribution in [1.29, 1.82) is 0 Å². The van der Waals surface area contributed by atoms with Crippen molar-refractivity contribution in [1.82, 2.24) is 10.6 Å². The summed E-state index contributed by atoms with van der Waals surface area (Å²) in [6.07, 6.45) is 8.45. The molecule has 5 heterocycles. The van der Waals surface area contributed by atoms with E-state index in [-0.39, 0.29) is 78.7 Å². The van der Waals surface area contributed by atoms with Gasteiger partial charge in [-0.2, -0.15) is 0 Å². The first-order valence-electron chi connectivity index (χ1n) is 22.0. The molecule has 4 bridgehead atoms. The van der Waals surface area contributed by atoms with Gasteiger partial charge in [0.1, 0.15) is 17.5 Å². The number of esters is 1. The zero-order chi connectivity index (χ0) is 38.8. The van der Waals surface area contributed by atoms with E-state index in [0.717, 1.165) is 83.7 Å². The minimum atomic E-state index is -1.04. The number of nitrogens with two attached hydrogens (primary N) is 2. The van der Waals surface area contributed by atoms with Crippen molar-refractivity contribution in [2.45, 2.75) is 159 Å². The first-order chi connectivity index (χ1) is 26.4. The molecule has 5 aliphatic heterocycles. The molecule has 8 rings (SSSR count). The molecule has 3 aliphatic carbocycles. The summed E-state index contributed by atoms with van der Waals surface area (Å²) < 4.78 is 21.2. The number of allylic oxidation sites excluding steroid dienone is 1. The fourth-order valence-corrected chi connectivity index (χ4v) is 13.8. The largest absolute Gasteiger partial charge is 0.456 e. The van der Waals surface area contributed by atoms with Crippen LogP contribution in [0.4, 0.5) is 0 Å². The number of ketones is 1. The lowest BCUT2D eigenvalue weighted by Gasteiger charge is -2.63. The number of ether oxygens (including phenoxy) is 3. The predicted molar refractivity (Wildman–Crippen MR) is 206 cm³/mol. The Labute approximate surface area is 327 Å². The van der Waals surface area contributed by atoms with Gasteiger partial charge in [-0.1, -0.05) is 6.08 Å². The Hall–Kier alpha value is -1.48. The quantitative estimate of drug-likeness (QED) is 0.160. The van der Waals surface area contributed by atoms with Gasteiger partial charge in [-0.15, -0.1) is 0 Å². The molecule has 12 heteroatoms. The fraction of sp³-hybridized carbons (Fsp3) is 0.907. The van der Waals surface area contributed by atoms with Gasteiger partial charge in [-0.25, -0.2) is 4.79 Å². The number of aliphatic hydroxyl groups excluding tert-OH is 3. The molecule has 12 nitrogen and oxygen atoms in total. The maximum Gasteiger partial charge on any atom is 0.333 e. The molecule has 0 aromatic heterocycles. The molecule has 310 valence electrons. The van der Waals surface area contributed by atoms with Crippen molar-refractivity contribution >= 4 is 11.8 Å². The van der Waals surface area contributed by atoms with E-state index in [9.17, 15) is 24.9 Å². The van der Waals surface area contributed by atoms with Gasteiger partial charge < -0.3 is 51.6 Å². The Kier molecular flexibility index (Phi) is 11.9. The van der Waals surface area contributed by atoms with Crippen molar-refractivity contribution in [2.75, 3.05) is 19.7 Å². The summed E-state index contributed by atoms with van der Waals surface area (Å²) in [5.74, 6) is -0.0413. The molecule has 8 fully saturated rings. The molecule has 0 aromatic carbocycles. The van der Waals surface area contributed by atoms with E-state index in [1.54, 1.807) is 13.0 Å². The van der Waals surface area contributed by atoms with Crippen LogP contribution in [0, 0.1) is 65.1 Å². The molecule has 3 saturated carbocycles. The number of nitrogens with one attached hydrogen (secondary N) is 2. The third-order valence-electron chi connectivity index (χ3n) is 16.7. The van der Waals surface area contributed by atoms with Crippen LogP contribution in [0.1, 0.15) is 104 Å². The number of hydrogen-bond donors (Lipinski definition) is 7. The second-order valence-electron chi connectivity index (χ2n) is 19.6. The molecular weight excluding hydrogens is 700 g/mol.